The Bertz CT molecular complexity index is 639. The van der Waals surface area contributed by atoms with Crippen molar-refractivity contribution in [1.82, 2.24) is 0 Å². The lowest BCUT2D eigenvalue weighted by Gasteiger charge is -2.10. The van der Waals surface area contributed by atoms with Gasteiger partial charge < -0.3 is 4.42 Å². The van der Waals surface area contributed by atoms with Crippen LogP contribution in [0.25, 0.3) is 11.0 Å². The molecule has 0 aliphatic carbocycles. The van der Waals surface area contributed by atoms with Gasteiger partial charge in [-0.1, -0.05) is 11.6 Å². The van der Waals surface area contributed by atoms with E-state index < -0.39 is 0 Å². The molecule has 0 saturated carbocycles. The van der Waals surface area contributed by atoms with Crippen LogP contribution in [0.4, 0.5) is 0 Å². The number of hydrogen-bond donors (Lipinski definition) is 0. The van der Waals surface area contributed by atoms with Crippen LogP contribution < -0.4 is 5.63 Å². The number of benzene rings is 1. The van der Waals surface area contributed by atoms with E-state index in [1.54, 1.807) is 6.92 Å². The van der Waals surface area contributed by atoms with Gasteiger partial charge in [0.2, 0.25) is 0 Å². The Labute approximate surface area is 98.8 Å². The standard InChI is InChI=1S/C13H13ClO2/c1-6-5-10-11(9(4)12(6)14)7(2)8(3)13(15)16-10/h5H,1-4H3. The monoisotopic (exact) mass is 236 g/mol. The predicted molar refractivity (Wildman–Crippen MR) is 66.4 cm³/mol. The van der Waals surface area contributed by atoms with Crippen LogP contribution in [-0.4, -0.2) is 0 Å². The quantitative estimate of drug-likeness (QED) is 0.653. The second kappa shape index (κ2) is 3.63. The van der Waals surface area contributed by atoms with E-state index in [-0.39, 0.29) is 5.63 Å². The zero-order valence-electron chi connectivity index (χ0n) is 9.77. The summed E-state index contributed by atoms with van der Waals surface area (Å²) in [6.45, 7) is 7.55. The lowest BCUT2D eigenvalue weighted by Crippen LogP contribution is -2.06. The van der Waals surface area contributed by atoms with Crippen molar-refractivity contribution < 1.29 is 4.42 Å². The molecule has 2 rings (SSSR count). The van der Waals surface area contributed by atoms with Crippen molar-refractivity contribution in [3.05, 3.63) is 43.8 Å². The summed E-state index contributed by atoms with van der Waals surface area (Å²) in [5.74, 6) is 0. The van der Waals surface area contributed by atoms with Gasteiger partial charge in [0.15, 0.2) is 0 Å². The van der Waals surface area contributed by atoms with E-state index >= 15 is 0 Å². The molecule has 2 nitrogen and oxygen atoms in total. The SMILES string of the molecule is Cc1cc2oc(=O)c(C)c(C)c2c(C)c1Cl. The van der Waals surface area contributed by atoms with Gasteiger partial charge in [-0.15, -0.1) is 0 Å². The maximum absolute atomic E-state index is 11.6. The van der Waals surface area contributed by atoms with Gasteiger partial charge in [-0.3, -0.25) is 0 Å². The molecule has 0 radical (unpaired) electrons. The molecule has 3 heteroatoms. The molecule has 2 aromatic rings. The summed E-state index contributed by atoms with van der Waals surface area (Å²) in [6, 6.07) is 1.82. The van der Waals surface area contributed by atoms with Gasteiger partial charge in [-0.05, 0) is 50.5 Å². The molecular formula is C13H13ClO2. The van der Waals surface area contributed by atoms with Crippen molar-refractivity contribution in [2.24, 2.45) is 0 Å². The average Bonchev–Trinajstić information content (AvgIpc) is 2.23. The molecule has 0 bridgehead atoms. The fraction of sp³-hybridized carbons (Fsp3) is 0.308. The van der Waals surface area contributed by atoms with E-state index in [9.17, 15) is 4.79 Å². The second-order valence-corrected chi connectivity index (χ2v) is 4.52. The molecule has 0 saturated heterocycles. The highest BCUT2D eigenvalue weighted by Crippen LogP contribution is 2.30. The fourth-order valence-corrected chi connectivity index (χ4v) is 2.14. The van der Waals surface area contributed by atoms with Crippen LogP contribution in [0, 0.1) is 27.7 Å². The van der Waals surface area contributed by atoms with Gasteiger partial charge >= 0.3 is 5.63 Å². The highest BCUT2D eigenvalue weighted by atomic mass is 35.5. The molecule has 84 valence electrons. The van der Waals surface area contributed by atoms with Crippen LogP contribution in [0.15, 0.2) is 15.3 Å². The van der Waals surface area contributed by atoms with Gasteiger partial charge in [0, 0.05) is 16.0 Å². The Morgan fingerprint density at radius 1 is 1.06 bits per heavy atom. The van der Waals surface area contributed by atoms with Crippen molar-refractivity contribution in [3.8, 4) is 0 Å². The van der Waals surface area contributed by atoms with E-state index in [0.29, 0.717) is 11.1 Å². The van der Waals surface area contributed by atoms with E-state index in [1.165, 1.54) is 0 Å². The zero-order chi connectivity index (χ0) is 12.0. The molecule has 1 aromatic carbocycles. The van der Waals surface area contributed by atoms with E-state index in [0.717, 1.165) is 27.1 Å². The molecule has 0 atom stereocenters. The molecule has 0 aliphatic heterocycles. The van der Waals surface area contributed by atoms with Crippen molar-refractivity contribution in [2.75, 3.05) is 0 Å². The lowest BCUT2D eigenvalue weighted by atomic mass is 10.0. The molecule has 1 heterocycles. The third-order valence-corrected chi connectivity index (χ3v) is 3.67. The third-order valence-electron chi connectivity index (χ3n) is 3.09. The first-order valence-corrected chi connectivity index (χ1v) is 5.51. The largest absolute Gasteiger partial charge is 0.422 e. The first-order chi connectivity index (χ1) is 7.43. The van der Waals surface area contributed by atoms with Crippen LogP contribution >= 0.6 is 11.6 Å². The molecule has 0 unspecified atom stereocenters. The lowest BCUT2D eigenvalue weighted by molar-refractivity contribution is 0.553. The normalized spacial score (nSPS) is 11.1. The summed E-state index contributed by atoms with van der Waals surface area (Å²) < 4.78 is 5.28. The number of aryl methyl sites for hydroxylation is 3. The van der Waals surface area contributed by atoms with Crippen LogP contribution in [0.1, 0.15) is 22.3 Å². The molecule has 16 heavy (non-hydrogen) atoms. The Hall–Kier alpha value is -1.28. The zero-order valence-corrected chi connectivity index (χ0v) is 10.5. The predicted octanol–water partition coefficient (Wildman–Crippen LogP) is 3.68. The average molecular weight is 237 g/mol. The highest BCUT2D eigenvalue weighted by molar-refractivity contribution is 6.33. The van der Waals surface area contributed by atoms with E-state index in [1.807, 2.05) is 26.8 Å². The van der Waals surface area contributed by atoms with Crippen molar-refractivity contribution >= 4 is 22.6 Å². The second-order valence-electron chi connectivity index (χ2n) is 4.15. The Morgan fingerprint density at radius 2 is 1.69 bits per heavy atom. The van der Waals surface area contributed by atoms with Crippen molar-refractivity contribution in [3.63, 3.8) is 0 Å². The minimum absolute atomic E-state index is 0.272. The van der Waals surface area contributed by atoms with Crippen molar-refractivity contribution in [1.29, 1.82) is 0 Å². The summed E-state index contributed by atoms with van der Waals surface area (Å²) in [5.41, 5.74) is 3.85. The summed E-state index contributed by atoms with van der Waals surface area (Å²) in [4.78, 5) is 11.6. The smallest absolute Gasteiger partial charge is 0.339 e. The molecule has 1 aromatic heterocycles. The molecule has 0 spiro atoms. The Balaban J connectivity index is 3.09. The summed E-state index contributed by atoms with van der Waals surface area (Å²) >= 11 is 6.20. The van der Waals surface area contributed by atoms with Gasteiger partial charge in [0.25, 0.3) is 0 Å². The molecule has 0 amide bonds. The van der Waals surface area contributed by atoms with Gasteiger partial charge in [0.1, 0.15) is 5.58 Å². The molecule has 0 aliphatic rings. The van der Waals surface area contributed by atoms with Gasteiger partial charge in [-0.25, -0.2) is 4.79 Å². The minimum atomic E-state index is -0.272. The van der Waals surface area contributed by atoms with E-state index in [4.69, 9.17) is 16.0 Å². The molecular weight excluding hydrogens is 224 g/mol. The molecule has 0 N–H and O–H groups in total. The summed E-state index contributed by atoms with van der Waals surface area (Å²) in [5, 5.41) is 1.69. The van der Waals surface area contributed by atoms with Crippen LogP contribution in [0.3, 0.4) is 0 Å². The maximum atomic E-state index is 11.6. The number of fused-ring (bicyclic) bond motifs is 1. The maximum Gasteiger partial charge on any atom is 0.339 e. The molecule has 0 fully saturated rings. The first-order valence-electron chi connectivity index (χ1n) is 5.13. The van der Waals surface area contributed by atoms with Crippen LogP contribution in [-0.2, 0) is 0 Å². The van der Waals surface area contributed by atoms with Crippen molar-refractivity contribution in [2.45, 2.75) is 27.7 Å². The minimum Gasteiger partial charge on any atom is -0.422 e. The number of rotatable bonds is 0. The fourth-order valence-electron chi connectivity index (χ4n) is 1.99. The number of hydrogen-bond acceptors (Lipinski definition) is 2. The number of halogens is 1. The highest BCUT2D eigenvalue weighted by Gasteiger charge is 2.13. The van der Waals surface area contributed by atoms with Gasteiger partial charge in [-0.2, -0.15) is 0 Å². The van der Waals surface area contributed by atoms with Gasteiger partial charge in [0.05, 0.1) is 0 Å². The van der Waals surface area contributed by atoms with Crippen LogP contribution in [0.2, 0.25) is 5.02 Å². The topological polar surface area (TPSA) is 30.2 Å². The summed E-state index contributed by atoms with van der Waals surface area (Å²) in [7, 11) is 0. The summed E-state index contributed by atoms with van der Waals surface area (Å²) in [6.07, 6.45) is 0. The third kappa shape index (κ3) is 1.45. The Kier molecular flexibility index (Phi) is 2.55. The van der Waals surface area contributed by atoms with Crippen LogP contribution in [0.5, 0.6) is 0 Å². The Morgan fingerprint density at radius 3 is 2.31 bits per heavy atom. The van der Waals surface area contributed by atoms with E-state index in [2.05, 4.69) is 0 Å². The first kappa shape index (κ1) is 11.2.